The summed E-state index contributed by atoms with van der Waals surface area (Å²) in [6.07, 6.45) is 0. The van der Waals surface area contributed by atoms with Crippen LogP contribution in [0.15, 0.2) is 18.2 Å². The molecule has 15 heavy (non-hydrogen) atoms. The summed E-state index contributed by atoms with van der Waals surface area (Å²) in [6.45, 7) is 8.28. The van der Waals surface area contributed by atoms with Crippen molar-refractivity contribution >= 4 is 11.8 Å². The van der Waals surface area contributed by atoms with Gasteiger partial charge in [0.05, 0.1) is 13.1 Å². The molecule has 2 heteroatoms. The van der Waals surface area contributed by atoms with Crippen molar-refractivity contribution in [3.8, 4) is 0 Å². The van der Waals surface area contributed by atoms with Crippen molar-refractivity contribution in [2.45, 2.75) is 20.4 Å². The van der Waals surface area contributed by atoms with Crippen molar-refractivity contribution in [2.75, 3.05) is 24.6 Å². The number of thioether (sulfide) groups is 1. The molecule has 0 unspecified atom stereocenters. The number of hydrogen-bond donors (Lipinski definition) is 1. The number of quaternary nitrogens is 1. The second-order valence-electron chi connectivity index (χ2n) is 4.47. The minimum absolute atomic E-state index is 1.21. The van der Waals surface area contributed by atoms with Crippen LogP contribution in [0.3, 0.4) is 0 Å². The van der Waals surface area contributed by atoms with Crippen molar-refractivity contribution in [3.05, 3.63) is 34.9 Å². The van der Waals surface area contributed by atoms with Crippen LogP contribution in [0.5, 0.6) is 0 Å². The lowest BCUT2D eigenvalue weighted by Gasteiger charge is -2.24. The molecule has 0 atom stereocenters. The van der Waals surface area contributed by atoms with E-state index in [1.807, 2.05) is 0 Å². The smallest absolute Gasteiger partial charge is 0.103 e. The normalized spacial score (nSPS) is 18.0. The molecular weight excluding hydrogens is 202 g/mol. The van der Waals surface area contributed by atoms with Gasteiger partial charge in [0.2, 0.25) is 0 Å². The lowest BCUT2D eigenvalue weighted by molar-refractivity contribution is -0.910. The molecule has 1 nitrogen and oxygen atoms in total. The monoisotopic (exact) mass is 222 g/mol. The van der Waals surface area contributed by atoms with Gasteiger partial charge in [-0.2, -0.15) is 11.8 Å². The maximum Gasteiger partial charge on any atom is 0.103 e. The number of rotatable bonds is 2. The number of hydrogen-bond acceptors (Lipinski definition) is 1. The van der Waals surface area contributed by atoms with E-state index in [-0.39, 0.29) is 0 Å². The van der Waals surface area contributed by atoms with Crippen LogP contribution in [-0.4, -0.2) is 24.6 Å². The maximum atomic E-state index is 2.30. The van der Waals surface area contributed by atoms with E-state index in [0.29, 0.717) is 0 Å². The van der Waals surface area contributed by atoms with E-state index in [2.05, 4.69) is 43.8 Å². The fraction of sp³-hybridized carbons (Fsp3) is 0.538. The van der Waals surface area contributed by atoms with Crippen LogP contribution < -0.4 is 4.90 Å². The maximum absolute atomic E-state index is 2.30. The van der Waals surface area contributed by atoms with Gasteiger partial charge in [-0.25, -0.2) is 0 Å². The average Bonchev–Trinajstić information content (AvgIpc) is 2.24. The molecule has 1 aromatic carbocycles. The van der Waals surface area contributed by atoms with Crippen molar-refractivity contribution in [1.29, 1.82) is 0 Å². The molecule has 0 saturated carbocycles. The first-order valence-corrected chi connectivity index (χ1v) is 6.88. The standard InChI is InChI=1S/C13H19NS/c1-11-3-4-13(12(2)9-11)10-14-5-7-15-8-6-14/h3-4,9H,5-8,10H2,1-2H3/p+1. The van der Waals surface area contributed by atoms with Crippen LogP contribution in [-0.2, 0) is 6.54 Å². The third kappa shape index (κ3) is 2.99. The highest BCUT2D eigenvalue weighted by molar-refractivity contribution is 7.99. The molecule has 2 rings (SSSR count). The van der Waals surface area contributed by atoms with Gasteiger partial charge in [0.25, 0.3) is 0 Å². The van der Waals surface area contributed by atoms with Crippen LogP contribution in [0, 0.1) is 13.8 Å². The van der Waals surface area contributed by atoms with Crippen LogP contribution >= 0.6 is 11.8 Å². The molecule has 1 heterocycles. The Morgan fingerprint density at radius 2 is 1.93 bits per heavy atom. The first-order chi connectivity index (χ1) is 7.25. The molecule has 1 N–H and O–H groups in total. The van der Waals surface area contributed by atoms with Gasteiger partial charge in [0.1, 0.15) is 6.54 Å². The third-order valence-corrected chi connectivity index (χ3v) is 4.12. The molecule has 0 aromatic heterocycles. The molecule has 1 saturated heterocycles. The summed E-state index contributed by atoms with van der Waals surface area (Å²) in [5.74, 6) is 2.67. The van der Waals surface area contributed by atoms with E-state index in [1.165, 1.54) is 47.8 Å². The van der Waals surface area contributed by atoms with Crippen molar-refractivity contribution in [3.63, 3.8) is 0 Å². The molecule has 0 radical (unpaired) electrons. The van der Waals surface area contributed by atoms with Crippen LogP contribution in [0.4, 0.5) is 0 Å². The summed E-state index contributed by atoms with van der Waals surface area (Å²) in [5, 5.41) is 0. The summed E-state index contributed by atoms with van der Waals surface area (Å²) >= 11 is 2.10. The first-order valence-electron chi connectivity index (χ1n) is 5.73. The minimum atomic E-state index is 1.21. The third-order valence-electron chi connectivity index (χ3n) is 3.14. The summed E-state index contributed by atoms with van der Waals surface area (Å²) in [7, 11) is 0. The van der Waals surface area contributed by atoms with Crippen LogP contribution in [0.2, 0.25) is 0 Å². The number of benzene rings is 1. The second kappa shape index (κ2) is 5.04. The van der Waals surface area contributed by atoms with E-state index in [9.17, 15) is 0 Å². The van der Waals surface area contributed by atoms with Gasteiger partial charge in [-0.3, -0.25) is 0 Å². The van der Waals surface area contributed by atoms with Gasteiger partial charge < -0.3 is 4.90 Å². The number of nitrogens with one attached hydrogen (secondary N) is 1. The highest BCUT2D eigenvalue weighted by Crippen LogP contribution is 2.09. The molecular formula is C13H20NS+. The van der Waals surface area contributed by atoms with Gasteiger partial charge in [-0.1, -0.05) is 23.8 Å². The molecule has 82 valence electrons. The van der Waals surface area contributed by atoms with Gasteiger partial charge >= 0.3 is 0 Å². The Bertz CT molecular complexity index is 329. The predicted octanol–water partition coefficient (Wildman–Crippen LogP) is 1.44. The average molecular weight is 222 g/mol. The Morgan fingerprint density at radius 1 is 1.20 bits per heavy atom. The van der Waals surface area contributed by atoms with Gasteiger partial charge in [-0.05, 0) is 19.4 Å². The lowest BCUT2D eigenvalue weighted by atomic mass is 10.1. The van der Waals surface area contributed by atoms with Crippen molar-refractivity contribution in [1.82, 2.24) is 0 Å². The summed E-state index contributed by atoms with van der Waals surface area (Å²) < 4.78 is 0. The largest absolute Gasteiger partial charge is 0.330 e. The Balaban J connectivity index is 2.03. The van der Waals surface area contributed by atoms with E-state index in [0.717, 1.165) is 0 Å². The zero-order valence-electron chi connectivity index (χ0n) is 9.68. The van der Waals surface area contributed by atoms with Gasteiger partial charge in [-0.15, -0.1) is 0 Å². The van der Waals surface area contributed by atoms with Gasteiger partial charge in [0.15, 0.2) is 0 Å². The fourth-order valence-corrected chi connectivity index (χ4v) is 3.22. The topological polar surface area (TPSA) is 4.44 Å². The Hall–Kier alpha value is -0.470. The Kier molecular flexibility index (Phi) is 3.71. The quantitative estimate of drug-likeness (QED) is 0.793. The van der Waals surface area contributed by atoms with Crippen LogP contribution in [0.25, 0.3) is 0 Å². The molecule has 0 spiro atoms. The Morgan fingerprint density at radius 3 is 2.60 bits per heavy atom. The molecule has 1 aliphatic rings. The highest BCUT2D eigenvalue weighted by Gasteiger charge is 2.14. The summed E-state index contributed by atoms with van der Waals surface area (Å²) in [6, 6.07) is 6.84. The zero-order valence-corrected chi connectivity index (χ0v) is 10.5. The SMILES string of the molecule is Cc1ccc(C[NH+]2CCSCC2)c(C)c1. The Labute approximate surface area is 96.9 Å². The van der Waals surface area contributed by atoms with E-state index in [4.69, 9.17) is 0 Å². The van der Waals surface area contributed by atoms with Crippen LogP contribution in [0.1, 0.15) is 16.7 Å². The van der Waals surface area contributed by atoms with E-state index < -0.39 is 0 Å². The molecule has 1 aromatic rings. The zero-order chi connectivity index (χ0) is 10.7. The van der Waals surface area contributed by atoms with Crippen molar-refractivity contribution in [2.24, 2.45) is 0 Å². The number of aryl methyl sites for hydroxylation is 2. The van der Waals surface area contributed by atoms with E-state index >= 15 is 0 Å². The fourth-order valence-electron chi connectivity index (χ4n) is 2.15. The molecule has 0 amide bonds. The molecule has 0 aliphatic carbocycles. The van der Waals surface area contributed by atoms with Gasteiger partial charge in [0, 0.05) is 17.1 Å². The van der Waals surface area contributed by atoms with Crippen molar-refractivity contribution < 1.29 is 4.90 Å². The molecule has 1 aliphatic heterocycles. The second-order valence-corrected chi connectivity index (χ2v) is 5.69. The summed E-state index contributed by atoms with van der Waals surface area (Å²) in [5.41, 5.74) is 4.36. The first kappa shape index (κ1) is 11.0. The highest BCUT2D eigenvalue weighted by atomic mass is 32.2. The minimum Gasteiger partial charge on any atom is -0.330 e. The molecule has 1 fully saturated rings. The molecule has 0 bridgehead atoms. The van der Waals surface area contributed by atoms with E-state index in [1.54, 1.807) is 4.90 Å². The summed E-state index contributed by atoms with van der Waals surface area (Å²) in [4.78, 5) is 1.75. The predicted molar refractivity (Wildman–Crippen MR) is 67.6 cm³/mol. The lowest BCUT2D eigenvalue weighted by Crippen LogP contribution is -3.12.